The van der Waals surface area contributed by atoms with Gasteiger partial charge in [0.05, 0.1) is 18.1 Å². The Balaban J connectivity index is 1.39. The van der Waals surface area contributed by atoms with Gasteiger partial charge < -0.3 is 0 Å². The van der Waals surface area contributed by atoms with Crippen LogP contribution < -0.4 is 4.57 Å². The largest absolute Gasteiger partial charge is 0.294 e. The summed E-state index contributed by atoms with van der Waals surface area (Å²) >= 11 is 0. The summed E-state index contributed by atoms with van der Waals surface area (Å²) < 4.78 is 6.80. The molecule has 0 amide bonds. The lowest BCUT2D eigenvalue weighted by Gasteiger charge is -2.27. The quantitative estimate of drug-likeness (QED) is 0.202. The van der Waals surface area contributed by atoms with Crippen LogP contribution in [0.5, 0.6) is 0 Å². The van der Waals surface area contributed by atoms with Crippen LogP contribution in [0.15, 0.2) is 116 Å². The molecular weight excluding hydrogens is 512 g/mol. The van der Waals surface area contributed by atoms with Crippen LogP contribution in [0.25, 0.3) is 44.3 Å². The average molecular weight is 550 g/mol. The van der Waals surface area contributed by atoms with Crippen LogP contribution in [0.4, 0.5) is 0 Å². The Labute approximate surface area is 247 Å². The van der Waals surface area contributed by atoms with Crippen molar-refractivity contribution in [2.24, 2.45) is 7.05 Å². The zero-order valence-electron chi connectivity index (χ0n) is 25.3. The molecule has 7 rings (SSSR count). The van der Waals surface area contributed by atoms with Crippen molar-refractivity contribution in [1.82, 2.24) is 14.1 Å². The molecule has 0 aliphatic carbocycles. The van der Waals surface area contributed by atoms with E-state index in [4.69, 9.17) is 4.98 Å². The van der Waals surface area contributed by atoms with E-state index in [1.165, 1.54) is 49.5 Å². The molecule has 0 saturated heterocycles. The average Bonchev–Trinajstić information content (AvgIpc) is 3.51. The highest BCUT2D eigenvalue weighted by molar-refractivity contribution is 6.09. The van der Waals surface area contributed by atoms with Crippen LogP contribution in [0, 0.1) is 0 Å². The Morgan fingerprint density at radius 1 is 0.619 bits per heavy atom. The number of pyridine rings is 1. The van der Waals surface area contributed by atoms with Crippen molar-refractivity contribution >= 4 is 32.8 Å². The first-order valence-corrected chi connectivity index (χ1v) is 14.7. The van der Waals surface area contributed by atoms with E-state index in [2.05, 4.69) is 165 Å². The minimum absolute atomic E-state index is 0.0384. The first-order chi connectivity index (χ1) is 20.1. The summed E-state index contributed by atoms with van der Waals surface area (Å²) in [6, 6.07) is 37.5. The molecule has 3 heterocycles. The fraction of sp³-hybridized carbons (Fsp3) is 0.211. The Morgan fingerprint density at radius 2 is 1.33 bits per heavy atom. The van der Waals surface area contributed by atoms with Gasteiger partial charge in [0.2, 0.25) is 6.33 Å². The van der Waals surface area contributed by atoms with Gasteiger partial charge in [-0.1, -0.05) is 89.2 Å². The molecule has 208 valence electrons. The number of imidazole rings is 1. The Morgan fingerprint density at radius 3 is 2.14 bits per heavy atom. The normalized spacial score (nSPS) is 12.5. The number of aromatic nitrogens is 4. The van der Waals surface area contributed by atoms with Gasteiger partial charge in [-0.05, 0) is 70.6 Å². The number of nitrogens with zero attached hydrogens (tertiary/aromatic N) is 4. The molecule has 4 nitrogen and oxygen atoms in total. The first-order valence-electron chi connectivity index (χ1n) is 14.7. The maximum absolute atomic E-state index is 4.88. The topological polar surface area (TPSA) is 26.6 Å². The Bertz CT molecular complexity index is 2120. The second kappa shape index (κ2) is 9.42. The standard InChI is InChI=1S/C38H37N4/c1-37(2,3)26-20-21-39-36(24-26)42-32-15-8-7-14-30(32)31-19-18-28(23-35(31)42)38(4,5)27-12-11-13-29(22-27)41-25-40(6)33-16-9-10-17-34(33)41/h7-25H,1-6H3/q+1. The summed E-state index contributed by atoms with van der Waals surface area (Å²) in [4.78, 5) is 4.88. The Kier molecular flexibility index (Phi) is 5.88. The zero-order valence-corrected chi connectivity index (χ0v) is 25.3. The molecule has 0 unspecified atom stereocenters. The summed E-state index contributed by atoms with van der Waals surface area (Å²) in [5.41, 5.74) is 9.56. The molecule has 0 N–H and O–H groups in total. The van der Waals surface area contributed by atoms with E-state index in [9.17, 15) is 0 Å². The molecule has 0 fully saturated rings. The summed E-state index contributed by atoms with van der Waals surface area (Å²) in [5, 5.41) is 2.49. The molecule has 4 aromatic carbocycles. The van der Waals surface area contributed by atoms with Crippen molar-refractivity contribution in [3.8, 4) is 11.5 Å². The van der Waals surface area contributed by atoms with E-state index in [0.29, 0.717) is 0 Å². The predicted molar refractivity (Wildman–Crippen MR) is 174 cm³/mol. The van der Waals surface area contributed by atoms with Crippen LogP contribution in [0.3, 0.4) is 0 Å². The molecule has 0 aliphatic rings. The minimum atomic E-state index is -0.225. The molecule has 0 saturated carbocycles. The summed E-state index contributed by atoms with van der Waals surface area (Å²) in [6.07, 6.45) is 4.11. The van der Waals surface area contributed by atoms with Gasteiger partial charge in [0.25, 0.3) is 0 Å². The number of benzene rings is 4. The molecular formula is C38H37N4+. The highest BCUT2D eigenvalue weighted by Crippen LogP contribution is 2.38. The van der Waals surface area contributed by atoms with Crippen LogP contribution in [0.1, 0.15) is 51.3 Å². The van der Waals surface area contributed by atoms with Crippen LogP contribution >= 0.6 is 0 Å². The fourth-order valence-electron chi connectivity index (χ4n) is 6.29. The van der Waals surface area contributed by atoms with E-state index in [0.717, 1.165) is 11.5 Å². The second-order valence-electron chi connectivity index (χ2n) is 13.0. The number of para-hydroxylation sites is 3. The Hall–Kier alpha value is -4.70. The van der Waals surface area contributed by atoms with E-state index in [1.54, 1.807) is 0 Å². The number of hydrogen-bond acceptors (Lipinski definition) is 1. The lowest BCUT2D eigenvalue weighted by atomic mass is 9.77. The lowest BCUT2D eigenvalue weighted by molar-refractivity contribution is -0.645. The molecule has 0 radical (unpaired) electrons. The third-order valence-corrected chi connectivity index (χ3v) is 8.89. The molecule has 7 aromatic rings. The van der Waals surface area contributed by atoms with Gasteiger partial charge in [-0.3, -0.25) is 4.57 Å². The highest BCUT2D eigenvalue weighted by Gasteiger charge is 2.27. The van der Waals surface area contributed by atoms with E-state index in [-0.39, 0.29) is 10.8 Å². The van der Waals surface area contributed by atoms with Gasteiger partial charge >= 0.3 is 0 Å². The summed E-state index contributed by atoms with van der Waals surface area (Å²) in [7, 11) is 2.10. The van der Waals surface area contributed by atoms with Gasteiger partial charge in [-0.15, -0.1) is 0 Å². The minimum Gasteiger partial charge on any atom is -0.294 e. The van der Waals surface area contributed by atoms with Crippen molar-refractivity contribution in [2.75, 3.05) is 0 Å². The molecule has 0 atom stereocenters. The van der Waals surface area contributed by atoms with Gasteiger partial charge in [0.15, 0.2) is 11.0 Å². The van der Waals surface area contributed by atoms with Crippen molar-refractivity contribution in [1.29, 1.82) is 0 Å². The summed E-state index contributed by atoms with van der Waals surface area (Å²) in [6.45, 7) is 11.4. The zero-order chi connectivity index (χ0) is 29.2. The van der Waals surface area contributed by atoms with Gasteiger partial charge in [0.1, 0.15) is 11.5 Å². The summed E-state index contributed by atoms with van der Waals surface area (Å²) in [5.74, 6) is 0.956. The molecule has 42 heavy (non-hydrogen) atoms. The number of aryl methyl sites for hydroxylation is 1. The number of fused-ring (bicyclic) bond motifs is 4. The van der Waals surface area contributed by atoms with Crippen LogP contribution in [-0.4, -0.2) is 14.1 Å². The second-order valence-corrected chi connectivity index (χ2v) is 13.0. The first kappa shape index (κ1) is 26.2. The molecule has 3 aromatic heterocycles. The third kappa shape index (κ3) is 4.13. The van der Waals surface area contributed by atoms with Crippen LogP contribution in [-0.2, 0) is 17.9 Å². The van der Waals surface area contributed by atoms with Crippen LogP contribution in [0.2, 0.25) is 0 Å². The van der Waals surface area contributed by atoms with Crippen molar-refractivity contribution < 1.29 is 4.57 Å². The predicted octanol–water partition coefficient (Wildman–Crippen LogP) is 8.57. The van der Waals surface area contributed by atoms with Gasteiger partial charge in [-0.25, -0.2) is 9.55 Å². The van der Waals surface area contributed by atoms with E-state index < -0.39 is 0 Å². The van der Waals surface area contributed by atoms with Crippen molar-refractivity contribution in [2.45, 2.75) is 45.4 Å². The van der Waals surface area contributed by atoms with Gasteiger partial charge in [-0.2, -0.15) is 4.57 Å². The maximum Gasteiger partial charge on any atom is 0.249 e. The fourth-order valence-corrected chi connectivity index (χ4v) is 6.29. The monoisotopic (exact) mass is 549 g/mol. The molecule has 0 bridgehead atoms. The highest BCUT2D eigenvalue weighted by atomic mass is 15.1. The van der Waals surface area contributed by atoms with E-state index >= 15 is 0 Å². The van der Waals surface area contributed by atoms with Crippen molar-refractivity contribution in [3.63, 3.8) is 0 Å². The smallest absolute Gasteiger partial charge is 0.249 e. The SMILES string of the molecule is C[n+]1cn(-c2cccc(C(C)(C)c3ccc4c5ccccc5n(-c5cc(C(C)(C)C)ccn5)c4c3)c2)c2ccccc21. The molecule has 0 aliphatic heterocycles. The lowest BCUT2D eigenvalue weighted by Crippen LogP contribution is -2.25. The number of rotatable bonds is 4. The molecule has 4 heteroatoms. The number of hydrogen-bond donors (Lipinski definition) is 0. The molecule has 0 spiro atoms. The maximum atomic E-state index is 4.88. The third-order valence-electron chi connectivity index (χ3n) is 8.89. The van der Waals surface area contributed by atoms with Gasteiger partial charge in [0, 0.05) is 22.4 Å². The van der Waals surface area contributed by atoms with Crippen molar-refractivity contribution in [3.05, 3.63) is 132 Å². The van der Waals surface area contributed by atoms with E-state index in [1.807, 2.05) is 6.20 Å².